The summed E-state index contributed by atoms with van der Waals surface area (Å²) in [5, 5.41) is 3.19. The predicted molar refractivity (Wildman–Crippen MR) is 98.1 cm³/mol. The molecule has 24 heavy (non-hydrogen) atoms. The van der Waals surface area contributed by atoms with Gasteiger partial charge in [-0.1, -0.05) is 12.5 Å². The lowest BCUT2D eigenvalue weighted by atomic mass is 9.84. The number of anilines is 1. The minimum atomic E-state index is -0.0161. The highest BCUT2D eigenvalue weighted by Crippen LogP contribution is 2.31. The Morgan fingerprint density at radius 1 is 1.17 bits per heavy atom. The molecule has 1 amide bonds. The fourth-order valence-electron chi connectivity index (χ4n) is 4.03. The Bertz CT molecular complexity index is 560. The third-order valence-corrected chi connectivity index (χ3v) is 5.67. The normalized spacial score (nSPS) is 22.2. The van der Waals surface area contributed by atoms with E-state index in [4.69, 9.17) is 5.73 Å². The molecule has 0 bridgehead atoms. The molecule has 0 unspecified atom stereocenters. The van der Waals surface area contributed by atoms with Crippen LogP contribution in [0.25, 0.3) is 0 Å². The minimum Gasteiger partial charge on any atom is -0.399 e. The van der Waals surface area contributed by atoms with Gasteiger partial charge >= 0.3 is 0 Å². The van der Waals surface area contributed by atoms with E-state index in [-0.39, 0.29) is 11.4 Å². The van der Waals surface area contributed by atoms with E-state index in [1.807, 2.05) is 18.2 Å². The number of nitrogens with two attached hydrogens (primary N) is 1. The molecule has 2 aliphatic heterocycles. The van der Waals surface area contributed by atoms with Gasteiger partial charge in [0, 0.05) is 23.3 Å². The maximum absolute atomic E-state index is 12.5. The molecular weight excluding hydrogens is 300 g/mol. The lowest BCUT2D eigenvalue weighted by Gasteiger charge is -2.50. The molecule has 132 valence electrons. The molecule has 0 spiro atoms. The van der Waals surface area contributed by atoms with Crippen molar-refractivity contribution in [2.45, 2.75) is 37.6 Å². The van der Waals surface area contributed by atoms with Gasteiger partial charge in [0.25, 0.3) is 5.91 Å². The van der Waals surface area contributed by atoms with Crippen molar-refractivity contribution in [3.63, 3.8) is 0 Å². The molecule has 0 radical (unpaired) electrons. The number of nitrogen functional groups attached to an aromatic ring is 1. The number of benzene rings is 1. The van der Waals surface area contributed by atoms with E-state index in [9.17, 15) is 4.79 Å². The maximum atomic E-state index is 12.5. The van der Waals surface area contributed by atoms with E-state index < -0.39 is 0 Å². The van der Waals surface area contributed by atoms with Crippen LogP contribution in [0.4, 0.5) is 5.69 Å². The summed E-state index contributed by atoms with van der Waals surface area (Å²) < 4.78 is 0. The van der Waals surface area contributed by atoms with Crippen molar-refractivity contribution in [3.05, 3.63) is 29.8 Å². The number of piperidine rings is 2. The molecule has 3 rings (SSSR count). The first-order chi connectivity index (χ1) is 11.6. The summed E-state index contributed by atoms with van der Waals surface area (Å²) >= 11 is 0. The highest BCUT2D eigenvalue weighted by Gasteiger charge is 2.39. The van der Waals surface area contributed by atoms with E-state index in [2.05, 4.69) is 22.2 Å². The molecular formula is C19H30N4O. The van der Waals surface area contributed by atoms with Crippen molar-refractivity contribution in [3.8, 4) is 0 Å². The molecule has 0 atom stereocenters. The molecule has 5 nitrogen and oxygen atoms in total. The quantitative estimate of drug-likeness (QED) is 0.829. The van der Waals surface area contributed by atoms with Crippen molar-refractivity contribution in [1.29, 1.82) is 0 Å². The van der Waals surface area contributed by atoms with Gasteiger partial charge in [0.15, 0.2) is 0 Å². The maximum Gasteiger partial charge on any atom is 0.251 e. The molecule has 5 heteroatoms. The second kappa shape index (κ2) is 7.53. The molecule has 2 aliphatic rings. The van der Waals surface area contributed by atoms with Gasteiger partial charge in [-0.25, -0.2) is 0 Å². The lowest BCUT2D eigenvalue weighted by molar-refractivity contribution is 0.0145. The predicted octanol–water partition coefficient (Wildman–Crippen LogP) is 1.95. The monoisotopic (exact) mass is 330 g/mol. The number of likely N-dealkylation sites (tertiary alicyclic amines) is 2. The number of amides is 1. The van der Waals surface area contributed by atoms with Crippen LogP contribution in [0.1, 0.15) is 42.5 Å². The van der Waals surface area contributed by atoms with Crippen LogP contribution in [0, 0.1) is 0 Å². The molecule has 3 N–H and O–H groups in total. The number of hydrogen-bond acceptors (Lipinski definition) is 4. The van der Waals surface area contributed by atoms with Gasteiger partial charge in [-0.05, 0) is 77.1 Å². The Labute approximate surface area is 145 Å². The van der Waals surface area contributed by atoms with Gasteiger partial charge in [-0.15, -0.1) is 0 Å². The minimum absolute atomic E-state index is 0.0161. The van der Waals surface area contributed by atoms with E-state index in [1.165, 1.54) is 19.3 Å². The van der Waals surface area contributed by atoms with E-state index in [0.29, 0.717) is 11.3 Å². The van der Waals surface area contributed by atoms with Crippen LogP contribution < -0.4 is 11.1 Å². The Hall–Kier alpha value is -1.59. The van der Waals surface area contributed by atoms with Gasteiger partial charge < -0.3 is 16.0 Å². The zero-order valence-electron chi connectivity index (χ0n) is 14.8. The van der Waals surface area contributed by atoms with Crippen LogP contribution in [0.15, 0.2) is 24.3 Å². The summed E-state index contributed by atoms with van der Waals surface area (Å²) in [6.45, 7) is 5.26. The molecule has 2 saturated heterocycles. The van der Waals surface area contributed by atoms with Crippen molar-refractivity contribution in [1.82, 2.24) is 15.1 Å². The molecule has 1 aromatic carbocycles. The third-order valence-electron chi connectivity index (χ3n) is 5.67. The van der Waals surface area contributed by atoms with E-state index >= 15 is 0 Å². The first-order valence-corrected chi connectivity index (χ1v) is 9.16. The third kappa shape index (κ3) is 3.90. The standard InChI is InChI=1S/C19H30N4O/c1-22-12-8-19(9-13-22,23-10-3-2-4-11-23)15-21-18(24)16-6-5-7-17(20)14-16/h5-7,14H,2-4,8-13,15,20H2,1H3,(H,21,24). The van der Waals surface area contributed by atoms with Crippen molar-refractivity contribution in [2.24, 2.45) is 0 Å². The van der Waals surface area contributed by atoms with Crippen LogP contribution >= 0.6 is 0 Å². The SMILES string of the molecule is CN1CCC(CNC(=O)c2cccc(N)c2)(N2CCCCC2)CC1. The highest BCUT2D eigenvalue weighted by molar-refractivity contribution is 5.95. The Balaban J connectivity index is 1.68. The van der Waals surface area contributed by atoms with Gasteiger partial charge in [0.05, 0.1) is 0 Å². The van der Waals surface area contributed by atoms with Gasteiger partial charge in [-0.3, -0.25) is 9.69 Å². The second-order valence-corrected chi connectivity index (χ2v) is 7.38. The number of hydrogen-bond donors (Lipinski definition) is 2. The average molecular weight is 330 g/mol. The van der Waals surface area contributed by atoms with Gasteiger partial charge in [0.2, 0.25) is 0 Å². The molecule has 0 aliphatic carbocycles. The summed E-state index contributed by atoms with van der Waals surface area (Å²) in [5.74, 6) is -0.0161. The largest absolute Gasteiger partial charge is 0.399 e. The van der Waals surface area contributed by atoms with Gasteiger partial charge in [-0.2, -0.15) is 0 Å². The summed E-state index contributed by atoms with van der Waals surface area (Å²) in [5.41, 5.74) is 7.20. The first-order valence-electron chi connectivity index (χ1n) is 9.16. The Kier molecular flexibility index (Phi) is 5.41. The Morgan fingerprint density at radius 3 is 2.54 bits per heavy atom. The van der Waals surface area contributed by atoms with Crippen molar-refractivity contribution in [2.75, 3.05) is 45.5 Å². The van der Waals surface area contributed by atoms with E-state index in [1.54, 1.807) is 6.07 Å². The van der Waals surface area contributed by atoms with Gasteiger partial charge in [0.1, 0.15) is 0 Å². The van der Waals surface area contributed by atoms with Crippen LogP contribution in [0.5, 0.6) is 0 Å². The fourth-order valence-corrected chi connectivity index (χ4v) is 4.03. The summed E-state index contributed by atoms with van der Waals surface area (Å²) in [6, 6.07) is 7.22. The second-order valence-electron chi connectivity index (χ2n) is 7.38. The molecule has 2 heterocycles. The molecule has 0 aromatic heterocycles. The van der Waals surface area contributed by atoms with Crippen molar-refractivity contribution >= 4 is 11.6 Å². The first kappa shape index (κ1) is 17.2. The number of rotatable bonds is 4. The Morgan fingerprint density at radius 2 is 1.88 bits per heavy atom. The van der Waals surface area contributed by atoms with Crippen LogP contribution in [0.3, 0.4) is 0 Å². The average Bonchev–Trinajstić information content (AvgIpc) is 2.62. The van der Waals surface area contributed by atoms with Crippen molar-refractivity contribution < 1.29 is 4.79 Å². The number of carbonyl (C=O) groups is 1. The summed E-state index contributed by atoms with van der Waals surface area (Å²) in [7, 11) is 2.19. The highest BCUT2D eigenvalue weighted by atomic mass is 16.1. The summed E-state index contributed by atoms with van der Waals surface area (Å²) in [4.78, 5) is 17.6. The number of carbonyl (C=O) groups excluding carboxylic acids is 1. The fraction of sp³-hybridized carbons (Fsp3) is 0.632. The zero-order chi connectivity index (χ0) is 17.0. The zero-order valence-corrected chi connectivity index (χ0v) is 14.8. The van der Waals surface area contributed by atoms with Crippen LogP contribution in [-0.2, 0) is 0 Å². The topological polar surface area (TPSA) is 61.6 Å². The molecule has 2 fully saturated rings. The molecule has 1 aromatic rings. The smallest absolute Gasteiger partial charge is 0.251 e. The lowest BCUT2D eigenvalue weighted by Crippen LogP contribution is -2.61. The molecule has 0 saturated carbocycles. The number of nitrogens with zero attached hydrogens (tertiary/aromatic N) is 2. The summed E-state index contributed by atoms with van der Waals surface area (Å²) in [6.07, 6.45) is 6.14. The number of nitrogens with one attached hydrogen (secondary N) is 1. The van der Waals surface area contributed by atoms with E-state index in [0.717, 1.165) is 45.6 Å². The van der Waals surface area contributed by atoms with Crippen LogP contribution in [-0.4, -0.2) is 61.0 Å². The van der Waals surface area contributed by atoms with Crippen LogP contribution in [0.2, 0.25) is 0 Å².